The summed E-state index contributed by atoms with van der Waals surface area (Å²) in [6, 6.07) is 2.53. The van der Waals surface area contributed by atoms with Crippen molar-refractivity contribution in [2.24, 2.45) is 0 Å². The minimum absolute atomic E-state index is 0.474. The maximum atomic E-state index is 11.0. The quantitative estimate of drug-likeness (QED) is 0.887. The average molecular weight is 268 g/mol. The molecule has 1 N–H and O–H groups in total. The van der Waals surface area contributed by atoms with Crippen LogP contribution >= 0.6 is 11.3 Å². The molecule has 0 radical (unpaired) electrons. The molecule has 0 aliphatic carbocycles. The molecule has 0 amide bonds. The molecule has 0 aromatic carbocycles. The molecular weight excluding hydrogens is 248 g/mol. The summed E-state index contributed by atoms with van der Waals surface area (Å²) in [4.78, 5) is 16.1. The first kappa shape index (κ1) is 13.5. The molecule has 5 heteroatoms. The number of carboxylic acids is 1. The number of nitrogens with zero attached hydrogens (tertiary/aromatic N) is 2. The number of thiophene rings is 1. The van der Waals surface area contributed by atoms with Gasteiger partial charge >= 0.3 is 5.97 Å². The van der Waals surface area contributed by atoms with Crippen molar-refractivity contribution in [3.8, 4) is 0 Å². The minimum Gasteiger partial charge on any atom is -0.477 e. The van der Waals surface area contributed by atoms with Gasteiger partial charge < -0.3 is 14.9 Å². The number of carboxylic acid groups (broad SMARTS) is 1. The number of likely N-dealkylation sites (N-methyl/N-ethyl adjacent to an activating group) is 2. The van der Waals surface area contributed by atoms with Gasteiger partial charge in [0.2, 0.25) is 0 Å². The van der Waals surface area contributed by atoms with Gasteiger partial charge in [-0.2, -0.15) is 0 Å². The van der Waals surface area contributed by atoms with E-state index in [4.69, 9.17) is 5.11 Å². The summed E-state index contributed by atoms with van der Waals surface area (Å²) >= 11 is 1.31. The highest BCUT2D eigenvalue weighted by Crippen LogP contribution is 2.20. The SMILES string of the molecule is CN(Cc1ccsc1C(=O)O)CC1CCCN1C. The molecule has 2 rings (SSSR count). The Morgan fingerprint density at radius 2 is 2.44 bits per heavy atom. The van der Waals surface area contributed by atoms with E-state index in [1.165, 1.54) is 30.7 Å². The summed E-state index contributed by atoms with van der Waals surface area (Å²) in [5.74, 6) is -0.814. The summed E-state index contributed by atoms with van der Waals surface area (Å²) in [6.07, 6.45) is 2.52. The number of hydrogen-bond donors (Lipinski definition) is 1. The monoisotopic (exact) mass is 268 g/mol. The van der Waals surface area contributed by atoms with E-state index in [2.05, 4.69) is 23.9 Å². The van der Waals surface area contributed by atoms with Crippen molar-refractivity contribution in [3.05, 3.63) is 21.9 Å². The highest BCUT2D eigenvalue weighted by atomic mass is 32.1. The number of hydrogen-bond acceptors (Lipinski definition) is 4. The van der Waals surface area contributed by atoms with Gasteiger partial charge in [-0.15, -0.1) is 11.3 Å². The highest BCUT2D eigenvalue weighted by molar-refractivity contribution is 7.12. The number of aromatic carboxylic acids is 1. The Hall–Kier alpha value is -0.910. The molecule has 0 spiro atoms. The fraction of sp³-hybridized carbons (Fsp3) is 0.615. The molecule has 2 heterocycles. The normalized spacial score (nSPS) is 20.7. The third-order valence-electron chi connectivity index (χ3n) is 3.58. The lowest BCUT2D eigenvalue weighted by Crippen LogP contribution is -2.36. The fourth-order valence-electron chi connectivity index (χ4n) is 2.57. The van der Waals surface area contributed by atoms with E-state index in [9.17, 15) is 4.79 Å². The molecule has 4 nitrogen and oxygen atoms in total. The molecule has 1 aromatic heterocycles. The lowest BCUT2D eigenvalue weighted by atomic mass is 10.2. The largest absolute Gasteiger partial charge is 0.477 e. The molecule has 1 aliphatic rings. The molecule has 1 aromatic rings. The van der Waals surface area contributed by atoms with Crippen LogP contribution in [0.5, 0.6) is 0 Å². The van der Waals surface area contributed by atoms with E-state index in [0.717, 1.165) is 18.7 Å². The average Bonchev–Trinajstić information content (AvgIpc) is 2.89. The molecule has 18 heavy (non-hydrogen) atoms. The van der Waals surface area contributed by atoms with Gasteiger partial charge in [-0.3, -0.25) is 0 Å². The summed E-state index contributed by atoms with van der Waals surface area (Å²) in [7, 11) is 4.23. The summed E-state index contributed by atoms with van der Waals surface area (Å²) in [6.45, 7) is 2.90. The van der Waals surface area contributed by atoms with E-state index in [1.54, 1.807) is 0 Å². The van der Waals surface area contributed by atoms with Crippen molar-refractivity contribution in [1.82, 2.24) is 9.80 Å². The second kappa shape index (κ2) is 5.82. The lowest BCUT2D eigenvalue weighted by molar-refractivity contribution is 0.0700. The van der Waals surface area contributed by atoms with Gasteiger partial charge in [-0.25, -0.2) is 4.79 Å². The lowest BCUT2D eigenvalue weighted by Gasteiger charge is -2.25. The Bertz CT molecular complexity index is 419. The van der Waals surface area contributed by atoms with Crippen LogP contribution in [0.15, 0.2) is 11.4 Å². The van der Waals surface area contributed by atoms with Crippen LogP contribution in [-0.2, 0) is 6.54 Å². The zero-order chi connectivity index (χ0) is 13.1. The van der Waals surface area contributed by atoms with E-state index >= 15 is 0 Å². The Morgan fingerprint density at radius 1 is 1.67 bits per heavy atom. The van der Waals surface area contributed by atoms with Gasteiger partial charge in [0.1, 0.15) is 4.88 Å². The topological polar surface area (TPSA) is 43.8 Å². The second-order valence-corrected chi connectivity index (χ2v) is 5.97. The van der Waals surface area contributed by atoms with Crippen LogP contribution in [0.2, 0.25) is 0 Å². The van der Waals surface area contributed by atoms with Gasteiger partial charge in [0.25, 0.3) is 0 Å². The Balaban J connectivity index is 1.92. The van der Waals surface area contributed by atoms with Crippen LogP contribution in [0.3, 0.4) is 0 Å². The van der Waals surface area contributed by atoms with Crippen LogP contribution in [-0.4, -0.2) is 54.1 Å². The van der Waals surface area contributed by atoms with Crippen molar-refractivity contribution in [3.63, 3.8) is 0 Å². The first-order valence-electron chi connectivity index (χ1n) is 6.26. The van der Waals surface area contributed by atoms with Crippen molar-refractivity contribution in [2.45, 2.75) is 25.4 Å². The molecule has 1 aliphatic heterocycles. The van der Waals surface area contributed by atoms with Crippen LogP contribution in [0.1, 0.15) is 28.1 Å². The van der Waals surface area contributed by atoms with E-state index in [1.807, 2.05) is 11.4 Å². The van der Waals surface area contributed by atoms with Gasteiger partial charge in [0, 0.05) is 19.1 Å². The molecule has 1 unspecified atom stereocenters. The molecular formula is C13H20N2O2S. The molecule has 0 bridgehead atoms. The summed E-state index contributed by atoms with van der Waals surface area (Å²) < 4.78 is 0. The third kappa shape index (κ3) is 3.10. The van der Waals surface area contributed by atoms with Crippen molar-refractivity contribution in [2.75, 3.05) is 27.2 Å². The van der Waals surface area contributed by atoms with Crippen LogP contribution < -0.4 is 0 Å². The number of carbonyl (C=O) groups is 1. The summed E-state index contributed by atoms with van der Waals surface area (Å²) in [5, 5.41) is 10.9. The van der Waals surface area contributed by atoms with E-state index in [-0.39, 0.29) is 0 Å². The third-order valence-corrected chi connectivity index (χ3v) is 4.52. The van der Waals surface area contributed by atoms with Crippen molar-refractivity contribution < 1.29 is 9.90 Å². The zero-order valence-electron chi connectivity index (χ0n) is 10.9. The highest BCUT2D eigenvalue weighted by Gasteiger charge is 2.22. The smallest absolute Gasteiger partial charge is 0.346 e. The maximum absolute atomic E-state index is 11.0. The van der Waals surface area contributed by atoms with Crippen molar-refractivity contribution >= 4 is 17.3 Å². The van der Waals surface area contributed by atoms with Crippen molar-refractivity contribution in [1.29, 1.82) is 0 Å². The molecule has 0 saturated carbocycles. The standard InChI is InChI=1S/C13H20N2O2S/c1-14(9-11-4-3-6-15(11)2)8-10-5-7-18-12(10)13(16)17/h5,7,11H,3-4,6,8-9H2,1-2H3,(H,16,17). The van der Waals surface area contributed by atoms with Crippen LogP contribution in [0.25, 0.3) is 0 Å². The number of likely N-dealkylation sites (tertiary alicyclic amines) is 1. The molecule has 1 atom stereocenters. The van der Waals surface area contributed by atoms with Gasteiger partial charge in [0.05, 0.1) is 0 Å². The van der Waals surface area contributed by atoms with Gasteiger partial charge in [-0.1, -0.05) is 0 Å². The first-order valence-corrected chi connectivity index (χ1v) is 7.14. The Kier molecular flexibility index (Phi) is 4.37. The van der Waals surface area contributed by atoms with Crippen LogP contribution in [0.4, 0.5) is 0 Å². The van der Waals surface area contributed by atoms with Gasteiger partial charge in [0.15, 0.2) is 0 Å². The van der Waals surface area contributed by atoms with Crippen LogP contribution in [0, 0.1) is 0 Å². The maximum Gasteiger partial charge on any atom is 0.346 e. The second-order valence-electron chi connectivity index (χ2n) is 5.05. The van der Waals surface area contributed by atoms with Gasteiger partial charge in [-0.05, 0) is 50.5 Å². The number of rotatable bonds is 5. The molecule has 100 valence electrons. The first-order chi connectivity index (χ1) is 8.58. The molecule has 1 fully saturated rings. The predicted molar refractivity (Wildman–Crippen MR) is 73.3 cm³/mol. The minimum atomic E-state index is -0.814. The van der Waals surface area contributed by atoms with E-state index in [0.29, 0.717) is 10.9 Å². The Morgan fingerprint density at radius 3 is 3.06 bits per heavy atom. The predicted octanol–water partition coefficient (Wildman–Crippen LogP) is 1.97. The Labute approximate surface area is 112 Å². The zero-order valence-corrected chi connectivity index (χ0v) is 11.7. The summed E-state index contributed by atoms with van der Waals surface area (Å²) in [5.41, 5.74) is 0.927. The fourth-order valence-corrected chi connectivity index (χ4v) is 3.33. The molecule has 1 saturated heterocycles. The van der Waals surface area contributed by atoms with E-state index < -0.39 is 5.97 Å².